The highest BCUT2D eigenvalue weighted by molar-refractivity contribution is 5.31. The number of rotatable bonds is 0. The van der Waals surface area contributed by atoms with Gasteiger partial charge in [-0.2, -0.15) is 0 Å². The fraction of sp³-hybridized carbons (Fsp3) is 0.667. The van der Waals surface area contributed by atoms with E-state index in [1.165, 1.54) is 50.5 Å². The van der Waals surface area contributed by atoms with Crippen molar-refractivity contribution in [1.82, 2.24) is 4.98 Å². The Morgan fingerprint density at radius 3 is 2.38 bits per heavy atom. The molecule has 0 aliphatic heterocycles. The summed E-state index contributed by atoms with van der Waals surface area (Å²) in [6, 6.07) is 2.22. The van der Waals surface area contributed by atoms with E-state index in [4.69, 9.17) is 0 Å². The number of pyridine rings is 1. The Labute approximate surface area is 99.3 Å². The average Bonchev–Trinajstić information content (AvgIpc) is 2.70. The maximum atomic E-state index is 4.23. The van der Waals surface area contributed by atoms with Gasteiger partial charge in [0.2, 0.25) is 0 Å². The lowest BCUT2D eigenvalue weighted by atomic mass is 9.72. The molecule has 0 N–H and O–H groups in total. The van der Waals surface area contributed by atoms with Gasteiger partial charge in [-0.3, -0.25) is 4.98 Å². The maximum absolute atomic E-state index is 4.23. The van der Waals surface area contributed by atoms with Crippen molar-refractivity contribution in [2.24, 2.45) is 5.41 Å². The van der Waals surface area contributed by atoms with Crippen molar-refractivity contribution in [3.63, 3.8) is 0 Å². The minimum absolute atomic E-state index is 0.642. The normalized spacial score (nSPS) is 21.1. The summed E-state index contributed by atoms with van der Waals surface area (Å²) < 4.78 is 0. The Morgan fingerprint density at radius 2 is 1.69 bits per heavy atom. The Hall–Kier alpha value is -0.850. The largest absolute Gasteiger partial charge is 0.264 e. The van der Waals surface area contributed by atoms with Crippen LogP contribution in [0.1, 0.15) is 57.1 Å². The van der Waals surface area contributed by atoms with E-state index in [2.05, 4.69) is 17.2 Å². The zero-order chi connectivity index (χ0) is 11.4. The molecule has 0 radical (unpaired) electrons. The highest BCUT2D eigenvalue weighted by atomic mass is 14.6. The Balaban J connectivity index is 0.000000457. The molecule has 1 fully saturated rings. The standard InChI is InChI=1S/C13H17N.C2H6/c1-2-5-13(6-3-1)8-11-4-7-14-10-12(11)9-13;1-2/h4,7,10H,1-3,5-6,8-9H2;1-2H3. The van der Waals surface area contributed by atoms with E-state index in [-0.39, 0.29) is 0 Å². The molecule has 1 saturated carbocycles. The molecule has 1 heteroatoms. The van der Waals surface area contributed by atoms with Crippen LogP contribution in [-0.2, 0) is 12.8 Å². The first-order chi connectivity index (χ1) is 7.88. The SMILES string of the molecule is CC.c1cc2c(cn1)CC1(CCCCC1)C2. The molecule has 0 atom stereocenters. The molecule has 1 nitrogen and oxygen atoms in total. The molecule has 0 amide bonds. The van der Waals surface area contributed by atoms with E-state index in [0.29, 0.717) is 5.41 Å². The van der Waals surface area contributed by atoms with E-state index in [9.17, 15) is 0 Å². The monoisotopic (exact) mass is 217 g/mol. The molecule has 1 aromatic rings. The zero-order valence-electron chi connectivity index (χ0n) is 10.6. The molecule has 16 heavy (non-hydrogen) atoms. The van der Waals surface area contributed by atoms with Crippen molar-refractivity contribution in [3.8, 4) is 0 Å². The van der Waals surface area contributed by atoms with Gasteiger partial charge in [-0.1, -0.05) is 33.1 Å². The van der Waals surface area contributed by atoms with E-state index in [1.54, 1.807) is 5.56 Å². The predicted molar refractivity (Wildman–Crippen MR) is 68.5 cm³/mol. The lowest BCUT2D eigenvalue weighted by molar-refractivity contribution is 0.202. The van der Waals surface area contributed by atoms with Crippen LogP contribution < -0.4 is 0 Å². The van der Waals surface area contributed by atoms with Gasteiger partial charge in [-0.25, -0.2) is 0 Å². The fourth-order valence-corrected chi connectivity index (χ4v) is 3.31. The van der Waals surface area contributed by atoms with Gasteiger partial charge in [0.1, 0.15) is 0 Å². The highest BCUT2D eigenvalue weighted by Crippen LogP contribution is 2.46. The van der Waals surface area contributed by atoms with Gasteiger partial charge >= 0.3 is 0 Å². The number of hydrogen-bond donors (Lipinski definition) is 0. The van der Waals surface area contributed by atoms with Crippen LogP contribution in [0.25, 0.3) is 0 Å². The smallest absolute Gasteiger partial charge is 0.0302 e. The minimum atomic E-state index is 0.642. The molecule has 1 spiro atoms. The van der Waals surface area contributed by atoms with Gasteiger partial charge < -0.3 is 0 Å². The maximum Gasteiger partial charge on any atom is 0.0302 e. The van der Waals surface area contributed by atoms with Gasteiger partial charge in [0, 0.05) is 12.4 Å². The summed E-state index contributed by atoms with van der Waals surface area (Å²) in [7, 11) is 0. The van der Waals surface area contributed by atoms with E-state index >= 15 is 0 Å². The van der Waals surface area contributed by atoms with Crippen LogP contribution in [0.15, 0.2) is 18.5 Å². The van der Waals surface area contributed by atoms with Crippen molar-refractivity contribution in [2.75, 3.05) is 0 Å². The number of aromatic nitrogens is 1. The summed E-state index contributed by atoms with van der Waals surface area (Å²) >= 11 is 0. The Kier molecular flexibility index (Phi) is 3.63. The van der Waals surface area contributed by atoms with Crippen LogP contribution >= 0.6 is 0 Å². The van der Waals surface area contributed by atoms with Crippen LogP contribution in [-0.4, -0.2) is 4.98 Å². The van der Waals surface area contributed by atoms with Crippen molar-refractivity contribution in [1.29, 1.82) is 0 Å². The molecule has 0 saturated heterocycles. The topological polar surface area (TPSA) is 12.9 Å². The lowest BCUT2D eigenvalue weighted by Crippen LogP contribution is -2.24. The molecule has 0 unspecified atom stereocenters. The summed E-state index contributed by atoms with van der Waals surface area (Å²) in [5.41, 5.74) is 3.74. The van der Waals surface area contributed by atoms with Gasteiger partial charge in [-0.05, 0) is 48.3 Å². The van der Waals surface area contributed by atoms with E-state index in [0.717, 1.165) is 0 Å². The van der Waals surface area contributed by atoms with Gasteiger partial charge in [-0.15, -0.1) is 0 Å². The molecule has 2 aliphatic rings. The third-order valence-corrected chi connectivity index (χ3v) is 4.05. The van der Waals surface area contributed by atoms with Crippen molar-refractivity contribution < 1.29 is 0 Å². The molecule has 2 aliphatic carbocycles. The molecule has 1 heterocycles. The Bertz CT molecular complexity index is 310. The first-order valence-corrected chi connectivity index (χ1v) is 6.80. The van der Waals surface area contributed by atoms with Crippen molar-refractivity contribution in [3.05, 3.63) is 29.6 Å². The first kappa shape index (κ1) is 11.6. The summed E-state index contributed by atoms with van der Waals surface area (Å²) in [6.45, 7) is 4.00. The molecular formula is C15H23N. The van der Waals surface area contributed by atoms with E-state index < -0.39 is 0 Å². The quantitative estimate of drug-likeness (QED) is 0.636. The number of fused-ring (bicyclic) bond motifs is 1. The van der Waals surface area contributed by atoms with Gasteiger partial charge in [0.15, 0.2) is 0 Å². The minimum Gasteiger partial charge on any atom is -0.264 e. The average molecular weight is 217 g/mol. The zero-order valence-corrected chi connectivity index (χ0v) is 10.6. The first-order valence-electron chi connectivity index (χ1n) is 6.80. The van der Waals surface area contributed by atoms with Crippen LogP contribution in [0.2, 0.25) is 0 Å². The molecule has 3 rings (SSSR count). The number of nitrogens with zero attached hydrogens (tertiary/aromatic N) is 1. The summed E-state index contributed by atoms with van der Waals surface area (Å²) in [6.07, 6.45) is 13.9. The summed E-state index contributed by atoms with van der Waals surface area (Å²) in [5, 5.41) is 0. The van der Waals surface area contributed by atoms with Gasteiger partial charge in [0.05, 0.1) is 0 Å². The Morgan fingerprint density at radius 1 is 1.00 bits per heavy atom. The highest BCUT2D eigenvalue weighted by Gasteiger charge is 2.37. The third kappa shape index (κ3) is 2.14. The van der Waals surface area contributed by atoms with Crippen LogP contribution in [0.5, 0.6) is 0 Å². The molecule has 1 aromatic heterocycles. The third-order valence-electron chi connectivity index (χ3n) is 4.05. The lowest BCUT2D eigenvalue weighted by Gasteiger charge is -2.33. The van der Waals surface area contributed by atoms with Crippen LogP contribution in [0, 0.1) is 5.41 Å². The summed E-state index contributed by atoms with van der Waals surface area (Å²) in [4.78, 5) is 4.23. The second kappa shape index (κ2) is 4.99. The van der Waals surface area contributed by atoms with Crippen LogP contribution in [0.3, 0.4) is 0 Å². The molecule has 0 bridgehead atoms. The van der Waals surface area contributed by atoms with Crippen molar-refractivity contribution >= 4 is 0 Å². The van der Waals surface area contributed by atoms with Gasteiger partial charge in [0.25, 0.3) is 0 Å². The molecular weight excluding hydrogens is 194 g/mol. The second-order valence-electron chi connectivity index (χ2n) is 5.06. The van der Waals surface area contributed by atoms with E-state index in [1.807, 2.05) is 20.0 Å². The van der Waals surface area contributed by atoms with Crippen LogP contribution in [0.4, 0.5) is 0 Å². The second-order valence-corrected chi connectivity index (χ2v) is 5.06. The summed E-state index contributed by atoms with van der Waals surface area (Å²) in [5.74, 6) is 0. The molecule has 88 valence electrons. The molecule has 0 aromatic carbocycles. The fourth-order valence-electron chi connectivity index (χ4n) is 3.31. The van der Waals surface area contributed by atoms with Crippen molar-refractivity contribution in [2.45, 2.75) is 58.8 Å². The number of hydrogen-bond acceptors (Lipinski definition) is 1. The predicted octanol–water partition coefficient (Wildman–Crippen LogP) is 4.16.